The zero-order chi connectivity index (χ0) is 27.7. The van der Waals surface area contributed by atoms with Crippen molar-refractivity contribution in [3.63, 3.8) is 0 Å². The molecule has 11 heteroatoms. The lowest BCUT2D eigenvalue weighted by atomic mass is 9.88. The van der Waals surface area contributed by atoms with Crippen molar-refractivity contribution >= 4 is 29.5 Å². The number of carbonyl (C=O) groups is 5. The molecule has 0 unspecified atom stereocenters. The van der Waals surface area contributed by atoms with Crippen molar-refractivity contribution in [2.45, 2.75) is 71.5 Å². The Kier molecular flexibility index (Phi) is 11.2. The fraction of sp³-hybridized carbons (Fsp3) is 0.720. The molecule has 0 saturated heterocycles. The third kappa shape index (κ3) is 9.34. The van der Waals surface area contributed by atoms with Gasteiger partial charge in [-0.15, -0.1) is 0 Å². The van der Waals surface area contributed by atoms with Gasteiger partial charge in [0, 0.05) is 6.42 Å². The maximum absolute atomic E-state index is 13.2. The van der Waals surface area contributed by atoms with Crippen molar-refractivity contribution < 1.29 is 38.2 Å². The average molecular weight is 512 g/mol. The number of rotatable bonds is 3. The summed E-state index contributed by atoms with van der Waals surface area (Å²) in [5.41, 5.74) is -3.98. The van der Waals surface area contributed by atoms with E-state index in [2.05, 4.69) is 16.0 Å². The fourth-order valence-electron chi connectivity index (χ4n) is 3.22. The SMILES string of the molecule is COC(=O)C(C)(C)NC(=O)[C@@H]1COC/C=C/COC[C@H](C)C(=O)NC(C)(C)C(=O)NC(C)(C)C(=O)C1. The van der Waals surface area contributed by atoms with Crippen molar-refractivity contribution in [2.24, 2.45) is 11.8 Å². The predicted molar refractivity (Wildman–Crippen MR) is 132 cm³/mol. The van der Waals surface area contributed by atoms with Crippen LogP contribution in [0.4, 0.5) is 0 Å². The Morgan fingerprint density at radius 1 is 1.00 bits per heavy atom. The number of methoxy groups -OCH3 is 1. The summed E-state index contributed by atoms with van der Waals surface area (Å²) in [6.07, 6.45) is 3.16. The second kappa shape index (κ2) is 13.0. The molecule has 1 aliphatic rings. The van der Waals surface area contributed by atoms with Gasteiger partial charge in [0.2, 0.25) is 17.7 Å². The molecule has 0 aromatic heterocycles. The molecule has 0 radical (unpaired) electrons. The van der Waals surface area contributed by atoms with Crippen molar-refractivity contribution in [2.75, 3.05) is 33.5 Å². The first-order chi connectivity index (χ1) is 16.5. The number of hydrogen-bond acceptors (Lipinski definition) is 8. The van der Waals surface area contributed by atoms with Gasteiger partial charge in [-0.05, 0) is 41.5 Å². The molecular formula is C25H41N3O8. The van der Waals surface area contributed by atoms with Crippen molar-refractivity contribution in [1.29, 1.82) is 0 Å². The van der Waals surface area contributed by atoms with Crippen LogP contribution >= 0.6 is 0 Å². The minimum Gasteiger partial charge on any atom is -0.467 e. The van der Waals surface area contributed by atoms with Gasteiger partial charge in [0.1, 0.15) is 11.1 Å². The predicted octanol–water partition coefficient (Wildman–Crippen LogP) is 0.658. The fourth-order valence-corrected chi connectivity index (χ4v) is 3.22. The molecule has 1 heterocycles. The standard InChI is InChI=1S/C25H41N3O8/c1-16-14-35-11-9-10-12-36-15-17(20(31)27-25(6,7)22(33)34-8)13-18(29)23(2,3)28-21(32)24(4,5)26-19(16)30/h9-10,16-17H,11-15H2,1-8H3,(H,26,30)(H,27,31)(H,28,32)/b10-9+/t16-,17-/m0/s1. The molecule has 0 spiro atoms. The van der Waals surface area contributed by atoms with Crippen LogP contribution in [0.5, 0.6) is 0 Å². The molecule has 36 heavy (non-hydrogen) atoms. The highest BCUT2D eigenvalue weighted by Crippen LogP contribution is 2.18. The highest BCUT2D eigenvalue weighted by atomic mass is 16.5. The summed E-state index contributed by atoms with van der Waals surface area (Å²) >= 11 is 0. The van der Waals surface area contributed by atoms with Crippen LogP contribution in [0.25, 0.3) is 0 Å². The molecule has 0 aliphatic carbocycles. The van der Waals surface area contributed by atoms with Crippen LogP contribution in [0.1, 0.15) is 54.9 Å². The van der Waals surface area contributed by atoms with Gasteiger partial charge in [-0.2, -0.15) is 0 Å². The van der Waals surface area contributed by atoms with Gasteiger partial charge in [-0.3, -0.25) is 19.2 Å². The Labute approximate surface area is 213 Å². The van der Waals surface area contributed by atoms with Crippen molar-refractivity contribution in [3.05, 3.63) is 12.2 Å². The first-order valence-corrected chi connectivity index (χ1v) is 11.9. The van der Waals surface area contributed by atoms with E-state index in [1.807, 2.05) is 0 Å². The van der Waals surface area contributed by atoms with Gasteiger partial charge in [-0.25, -0.2) is 4.79 Å². The number of amides is 3. The molecule has 0 aromatic rings. The maximum Gasteiger partial charge on any atom is 0.330 e. The van der Waals surface area contributed by atoms with Crippen LogP contribution in [-0.4, -0.2) is 79.6 Å². The van der Waals surface area contributed by atoms with E-state index in [-0.39, 0.29) is 38.8 Å². The van der Waals surface area contributed by atoms with Crippen LogP contribution in [0.15, 0.2) is 12.2 Å². The Hall–Kier alpha value is -2.79. The van der Waals surface area contributed by atoms with Gasteiger partial charge >= 0.3 is 5.97 Å². The summed E-state index contributed by atoms with van der Waals surface area (Å²) in [6, 6.07) is 0. The summed E-state index contributed by atoms with van der Waals surface area (Å²) in [5, 5.41) is 7.98. The van der Waals surface area contributed by atoms with E-state index in [9.17, 15) is 24.0 Å². The van der Waals surface area contributed by atoms with Crippen LogP contribution in [0.2, 0.25) is 0 Å². The van der Waals surface area contributed by atoms with E-state index in [1.165, 1.54) is 48.7 Å². The molecule has 1 aliphatic heterocycles. The van der Waals surface area contributed by atoms with E-state index >= 15 is 0 Å². The van der Waals surface area contributed by atoms with E-state index in [0.29, 0.717) is 0 Å². The summed E-state index contributed by atoms with van der Waals surface area (Å²) in [7, 11) is 1.21. The normalized spacial score (nSPS) is 25.4. The number of Topliss-reactive ketones (excluding diaryl/α,β-unsaturated/α-hetero) is 1. The van der Waals surface area contributed by atoms with Crippen molar-refractivity contribution in [1.82, 2.24) is 16.0 Å². The number of ketones is 1. The van der Waals surface area contributed by atoms with Gasteiger partial charge in [0.05, 0.1) is 50.9 Å². The summed E-state index contributed by atoms with van der Waals surface area (Å²) in [4.78, 5) is 63.8. The molecule has 0 aromatic carbocycles. The van der Waals surface area contributed by atoms with Gasteiger partial charge in [-0.1, -0.05) is 19.1 Å². The van der Waals surface area contributed by atoms with Crippen LogP contribution in [-0.2, 0) is 38.2 Å². The smallest absolute Gasteiger partial charge is 0.330 e. The molecule has 204 valence electrons. The lowest BCUT2D eigenvalue weighted by molar-refractivity contribution is -0.150. The molecule has 1 rings (SSSR count). The Morgan fingerprint density at radius 2 is 1.56 bits per heavy atom. The van der Waals surface area contributed by atoms with Crippen molar-refractivity contribution in [3.8, 4) is 0 Å². The molecular weight excluding hydrogens is 470 g/mol. The van der Waals surface area contributed by atoms with Crippen LogP contribution < -0.4 is 16.0 Å². The maximum atomic E-state index is 13.2. The monoisotopic (exact) mass is 511 g/mol. The first-order valence-electron chi connectivity index (χ1n) is 11.9. The van der Waals surface area contributed by atoms with Crippen LogP contribution in [0.3, 0.4) is 0 Å². The summed E-state index contributed by atoms with van der Waals surface area (Å²) < 4.78 is 15.8. The highest BCUT2D eigenvalue weighted by Gasteiger charge is 2.40. The number of carbonyl (C=O) groups excluding carboxylic acids is 5. The quantitative estimate of drug-likeness (QED) is 0.370. The Morgan fingerprint density at radius 3 is 2.11 bits per heavy atom. The topological polar surface area (TPSA) is 149 Å². The Bertz CT molecular complexity index is 863. The van der Waals surface area contributed by atoms with Gasteiger partial charge in [0.25, 0.3) is 0 Å². The third-order valence-corrected chi connectivity index (χ3v) is 5.79. The molecule has 11 nitrogen and oxygen atoms in total. The molecule has 3 N–H and O–H groups in total. The minimum atomic E-state index is -1.35. The molecule has 2 atom stereocenters. The summed E-state index contributed by atoms with van der Waals surface area (Å²) in [6.45, 7) is 11.3. The highest BCUT2D eigenvalue weighted by molar-refractivity contribution is 5.98. The minimum absolute atomic E-state index is 0.0946. The largest absolute Gasteiger partial charge is 0.467 e. The van der Waals surface area contributed by atoms with Gasteiger partial charge < -0.3 is 30.2 Å². The molecule has 0 saturated carbocycles. The number of nitrogens with one attached hydrogen (secondary N) is 3. The zero-order valence-electron chi connectivity index (χ0n) is 22.6. The first kappa shape index (κ1) is 31.2. The Balaban J connectivity index is 3.17. The summed E-state index contributed by atoms with van der Waals surface area (Å²) in [5.74, 6) is -3.98. The lowest BCUT2D eigenvalue weighted by Gasteiger charge is -2.33. The van der Waals surface area contributed by atoms with E-state index < -0.39 is 52.0 Å². The molecule has 3 amide bonds. The number of hydrogen-bond donors (Lipinski definition) is 3. The molecule has 0 bridgehead atoms. The van der Waals surface area contributed by atoms with Crippen LogP contribution in [0, 0.1) is 11.8 Å². The van der Waals surface area contributed by atoms with E-state index in [0.717, 1.165) is 0 Å². The second-order valence-electron chi connectivity index (χ2n) is 10.6. The lowest BCUT2D eigenvalue weighted by Crippen LogP contribution is -2.62. The van der Waals surface area contributed by atoms with Gasteiger partial charge in [0.15, 0.2) is 5.78 Å². The van der Waals surface area contributed by atoms with E-state index in [4.69, 9.17) is 14.2 Å². The average Bonchev–Trinajstić information content (AvgIpc) is 2.77. The molecule has 0 fully saturated rings. The second-order valence-corrected chi connectivity index (χ2v) is 10.6. The third-order valence-electron chi connectivity index (χ3n) is 5.79. The zero-order valence-corrected chi connectivity index (χ0v) is 22.6. The van der Waals surface area contributed by atoms with E-state index in [1.54, 1.807) is 19.1 Å². The number of esters is 1. The number of ether oxygens (including phenoxy) is 3.